The summed E-state index contributed by atoms with van der Waals surface area (Å²) >= 11 is 0. The highest BCUT2D eigenvalue weighted by Crippen LogP contribution is 2.80. The van der Waals surface area contributed by atoms with Crippen molar-refractivity contribution in [2.75, 3.05) is 7.11 Å². The van der Waals surface area contributed by atoms with Crippen molar-refractivity contribution in [3.63, 3.8) is 0 Å². The average Bonchev–Trinajstić information content (AvgIpc) is 3.15. The average molecular weight is 320 g/mol. The lowest BCUT2D eigenvalue weighted by Crippen LogP contribution is -2.52. The molecule has 0 aromatic rings. The van der Waals surface area contributed by atoms with Gasteiger partial charge in [-0.25, -0.2) is 4.79 Å². The molecular weight excluding hydrogens is 296 g/mol. The molecule has 0 amide bonds. The van der Waals surface area contributed by atoms with E-state index in [1.807, 2.05) is 0 Å². The molecule has 0 radical (unpaired) electrons. The summed E-state index contributed by atoms with van der Waals surface area (Å²) in [6.07, 6.45) is 5.78. The van der Waals surface area contributed by atoms with Crippen LogP contribution in [-0.2, 0) is 23.7 Å². The molecule has 5 rings (SSSR count). The molecule has 0 aromatic carbocycles. The van der Waals surface area contributed by atoms with Gasteiger partial charge in [0.1, 0.15) is 6.10 Å². The van der Waals surface area contributed by atoms with Crippen LogP contribution in [0.25, 0.3) is 0 Å². The second-order valence-corrected chi connectivity index (χ2v) is 8.85. The number of hydrogen-bond acceptors (Lipinski definition) is 5. The monoisotopic (exact) mass is 320 g/mol. The predicted octanol–water partition coefficient (Wildman–Crippen LogP) is 2.40. The molecule has 3 aliphatic heterocycles. The first-order chi connectivity index (χ1) is 10.8. The molecule has 1 unspecified atom stereocenters. The molecule has 1 saturated carbocycles. The van der Waals surface area contributed by atoms with Gasteiger partial charge < -0.3 is 18.9 Å². The lowest BCUT2D eigenvalue weighted by atomic mass is 9.54. The van der Waals surface area contributed by atoms with Crippen LogP contribution in [0.5, 0.6) is 0 Å². The Labute approximate surface area is 136 Å². The van der Waals surface area contributed by atoms with Gasteiger partial charge in [0.25, 0.3) is 0 Å². The fourth-order valence-electron chi connectivity index (χ4n) is 6.55. The molecule has 0 bridgehead atoms. The highest BCUT2D eigenvalue weighted by Gasteiger charge is 2.89. The summed E-state index contributed by atoms with van der Waals surface area (Å²) in [4.78, 5) is 12.7. The normalized spacial score (nSPS) is 55.9. The van der Waals surface area contributed by atoms with E-state index in [9.17, 15) is 4.79 Å². The lowest BCUT2D eigenvalue weighted by molar-refractivity contribution is -0.228. The smallest absolute Gasteiger partial charge is 0.340 e. The molecule has 5 nitrogen and oxygen atoms in total. The van der Waals surface area contributed by atoms with Crippen LogP contribution in [0.3, 0.4) is 0 Å². The maximum atomic E-state index is 12.7. The minimum Gasteiger partial charge on any atom is -0.459 e. The third kappa shape index (κ3) is 1.23. The molecule has 3 heterocycles. The summed E-state index contributed by atoms with van der Waals surface area (Å²) in [6, 6.07) is 0. The maximum Gasteiger partial charge on any atom is 0.340 e. The van der Waals surface area contributed by atoms with Crippen molar-refractivity contribution in [2.24, 2.45) is 22.2 Å². The minimum absolute atomic E-state index is 0.0750. The van der Waals surface area contributed by atoms with Crippen molar-refractivity contribution in [3.05, 3.63) is 12.2 Å². The fourth-order valence-corrected chi connectivity index (χ4v) is 6.55. The summed E-state index contributed by atoms with van der Waals surface area (Å²) in [5.41, 5.74) is -1.45. The summed E-state index contributed by atoms with van der Waals surface area (Å²) in [5, 5.41) is 0. The van der Waals surface area contributed by atoms with Gasteiger partial charge in [-0.3, -0.25) is 0 Å². The largest absolute Gasteiger partial charge is 0.459 e. The Balaban J connectivity index is 1.76. The van der Waals surface area contributed by atoms with Gasteiger partial charge >= 0.3 is 5.97 Å². The number of carbonyl (C=O) groups excluding carboxylic acids is 1. The van der Waals surface area contributed by atoms with E-state index in [1.54, 1.807) is 7.11 Å². The molecule has 2 spiro atoms. The quantitative estimate of drug-likeness (QED) is 0.548. The third-order valence-corrected chi connectivity index (χ3v) is 7.20. The van der Waals surface area contributed by atoms with Gasteiger partial charge in [-0.1, -0.05) is 32.9 Å². The van der Waals surface area contributed by atoms with E-state index in [2.05, 4.69) is 32.9 Å². The zero-order valence-electron chi connectivity index (χ0n) is 14.1. The van der Waals surface area contributed by atoms with Crippen molar-refractivity contribution in [1.82, 2.24) is 0 Å². The molecular formula is C18H24O5. The van der Waals surface area contributed by atoms with Gasteiger partial charge in [-0.2, -0.15) is 0 Å². The Morgan fingerprint density at radius 1 is 1.35 bits per heavy atom. The third-order valence-electron chi connectivity index (χ3n) is 7.20. The number of ether oxygens (including phenoxy) is 4. The zero-order chi connectivity index (χ0) is 16.3. The minimum atomic E-state index is -0.874. The number of rotatable bonds is 1. The Kier molecular flexibility index (Phi) is 2.41. The molecule has 5 aliphatic rings. The topological polar surface area (TPSA) is 54.0 Å². The van der Waals surface area contributed by atoms with E-state index in [0.717, 1.165) is 12.8 Å². The van der Waals surface area contributed by atoms with Gasteiger partial charge in [0.15, 0.2) is 18.2 Å². The summed E-state index contributed by atoms with van der Waals surface area (Å²) in [5.74, 6) is 0.147. The van der Waals surface area contributed by atoms with Crippen LogP contribution in [0.1, 0.15) is 40.0 Å². The standard InChI is InChI=1S/C18H24O5/c1-15(2,3)10-8-11-17-6-5-7-18(17,13(19)21-11)23-14-16(10,17)9-12(20-4)22-14/h5-6,10-12,14H,7-9H2,1-4H3/t10-,11+,12+,14-,16+,17?,18+/m0/s1. The van der Waals surface area contributed by atoms with Crippen molar-refractivity contribution in [2.45, 2.75) is 64.3 Å². The van der Waals surface area contributed by atoms with E-state index in [-0.39, 0.29) is 35.5 Å². The van der Waals surface area contributed by atoms with E-state index < -0.39 is 11.0 Å². The first kappa shape index (κ1) is 14.4. The van der Waals surface area contributed by atoms with Crippen LogP contribution in [0.2, 0.25) is 0 Å². The van der Waals surface area contributed by atoms with Gasteiger partial charge in [0.05, 0.1) is 5.41 Å². The SMILES string of the molecule is CO[C@H]1C[C@@]23[C@@H](O1)O[C@@]14CC=CC21[C@@H](C[C@H]3C(C)(C)C)OC4=O. The highest BCUT2D eigenvalue weighted by molar-refractivity contribution is 5.87. The highest BCUT2D eigenvalue weighted by atomic mass is 16.8. The van der Waals surface area contributed by atoms with E-state index in [0.29, 0.717) is 12.3 Å². The lowest BCUT2D eigenvalue weighted by Gasteiger charge is -2.44. The molecule has 4 fully saturated rings. The Hall–Kier alpha value is -0.910. The second kappa shape index (κ2) is 3.84. The van der Waals surface area contributed by atoms with Gasteiger partial charge in [0, 0.05) is 25.4 Å². The Morgan fingerprint density at radius 2 is 2.13 bits per heavy atom. The predicted molar refractivity (Wildman–Crippen MR) is 80.2 cm³/mol. The first-order valence-electron chi connectivity index (χ1n) is 8.57. The zero-order valence-corrected chi connectivity index (χ0v) is 14.1. The molecule has 3 saturated heterocycles. The van der Waals surface area contributed by atoms with Crippen molar-refractivity contribution in [3.8, 4) is 0 Å². The number of methoxy groups -OCH3 is 1. The maximum absolute atomic E-state index is 12.7. The Morgan fingerprint density at radius 3 is 2.83 bits per heavy atom. The Bertz CT molecular complexity index is 621. The molecule has 7 atom stereocenters. The van der Waals surface area contributed by atoms with Crippen LogP contribution < -0.4 is 0 Å². The van der Waals surface area contributed by atoms with Crippen LogP contribution in [-0.4, -0.2) is 37.4 Å². The van der Waals surface area contributed by atoms with Crippen molar-refractivity contribution < 1.29 is 23.7 Å². The molecule has 0 aromatic heterocycles. The van der Waals surface area contributed by atoms with E-state index in [1.165, 1.54) is 0 Å². The fraction of sp³-hybridized carbons (Fsp3) is 0.833. The second-order valence-electron chi connectivity index (χ2n) is 8.85. The summed E-state index contributed by atoms with van der Waals surface area (Å²) in [6.45, 7) is 6.80. The molecule has 2 aliphatic carbocycles. The van der Waals surface area contributed by atoms with Gasteiger partial charge in [0.2, 0.25) is 0 Å². The van der Waals surface area contributed by atoms with Gasteiger partial charge in [-0.15, -0.1) is 0 Å². The molecule has 5 heteroatoms. The van der Waals surface area contributed by atoms with Crippen molar-refractivity contribution in [1.29, 1.82) is 0 Å². The number of hydrogen-bond donors (Lipinski definition) is 0. The van der Waals surface area contributed by atoms with Crippen LogP contribution in [0.15, 0.2) is 12.2 Å². The molecule has 23 heavy (non-hydrogen) atoms. The number of esters is 1. The van der Waals surface area contributed by atoms with Gasteiger partial charge in [-0.05, 0) is 17.8 Å². The van der Waals surface area contributed by atoms with E-state index >= 15 is 0 Å². The summed E-state index contributed by atoms with van der Waals surface area (Å²) in [7, 11) is 1.67. The number of carbonyl (C=O) groups is 1. The summed E-state index contributed by atoms with van der Waals surface area (Å²) < 4.78 is 23.8. The first-order valence-corrected chi connectivity index (χ1v) is 8.57. The molecule has 0 N–H and O–H groups in total. The van der Waals surface area contributed by atoms with Crippen LogP contribution in [0.4, 0.5) is 0 Å². The van der Waals surface area contributed by atoms with Crippen LogP contribution in [0, 0.1) is 22.2 Å². The van der Waals surface area contributed by atoms with E-state index in [4.69, 9.17) is 18.9 Å². The van der Waals surface area contributed by atoms with Crippen molar-refractivity contribution >= 4 is 5.97 Å². The van der Waals surface area contributed by atoms with Crippen LogP contribution >= 0.6 is 0 Å². The molecule has 126 valence electrons.